The second-order valence-corrected chi connectivity index (χ2v) is 10.3. The first kappa shape index (κ1) is 30.1. The van der Waals surface area contributed by atoms with Crippen molar-refractivity contribution in [3.8, 4) is 0 Å². The van der Waals surface area contributed by atoms with Gasteiger partial charge in [0, 0.05) is 0 Å². The van der Waals surface area contributed by atoms with Gasteiger partial charge in [-0.3, -0.25) is 0 Å². The van der Waals surface area contributed by atoms with Crippen molar-refractivity contribution < 1.29 is 33.9 Å². The summed E-state index contributed by atoms with van der Waals surface area (Å²) in [5.41, 5.74) is 3.86. The van der Waals surface area contributed by atoms with Crippen LogP contribution in [0, 0.1) is 0 Å². The molecule has 0 aliphatic carbocycles. The van der Waals surface area contributed by atoms with Crippen LogP contribution in [0.15, 0.2) is 121 Å². The molecule has 7 heteroatoms. The van der Waals surface area contributed by atoms with Crippen LogP contribution in [0.4, 0.5) is 0 Å². The lowest BCUT2D eigenvalue weighted by atomic mass is 9.94. The van der Waals surface area contributed by atoms with Gasteiger partial charge < -0.3 is 33.9 Å². The number of hydrogen-bond acceptors (Lipinski definition) is 7. The molecule has 0 aromatic heterocycles. The van der Waals surface area contributed by atoms with Crippen molar-refractivity contribution in [2.75, 3.05) is 6.61 Å². The van der Waals surface area contributed by atoms with E-state index in [0.29, 0.717) is 6.61 Å². The molecule has 6 atom stereocenters. The molecule has 7 nitrogen and oxygen atoms in total. The molecule has 1 aliphatic rings. The van der Waals surface area contributed by atoms with Crippen LogP contribution in [0.2, 0.25) is 0 Å². The zero-order valence-electron chi connectivity index (χ0n) is 23.5. The van der Waals surface area contributed by atoms with E-state index in [4.69, 9.17) is 23.7 Å². The van der Waals surface area contributed by atoms with Crippen LogP contribution in [0.25, 0.3) is 0 Å². The van der Waals surface area contributed by atoms with E-state index >= 15 is 0 Å². The topological polar surface area (TPSA) is 86.6 Å². The average molecular weight is 571 g/mol. The van der Waals surface area contributed by atoms with E-state index in [1.165, 1.54) is 0 Å². The van der Waals surface area contributed by atoms with Gasteiger partial charge in [-0.1, -0.05) is 121 Å². The zero-order chi connectivity index (χ0) is 29.0. The van der Waals surface area contributed by atoms with Gasteiger partial charge in [0.1, 0.15) is 30.5 Å². The monoisotopic (exact) mass is 570 g/mol. The molecule has 42 heavy (non-hydrogen) atoms. The summed E-state index contributed by atoms with van der Waals surface area (Å²) in [6, 6.07) is 39.0. The second-order valence-electron chi connectivity index (χ2n) is 10.3. The van der Waals surface area contributed by atoms with Crippen LogP contribution < -0.4 is 0 Å². The molecule has 0 unspecified atom stereocenters. The fraction of sp³-hybridized carbons (Fsp3) is 0.314. The number of aliphatic hydroxyl groups excluding tert-OH is 2. The van der Waals surface area contributed by atoms with Crippen molar-refractivity contribution in [2.24, 2.45) is 0 Å². The average Bonchev–Trinajstić information content (AvgIpc) is 3.04. The van der Waals surface area contributed by atoms with E-state index in [0.717, 1.165) is 22.3 Å². The quantitative estimate of drug-likeness (QED) is 0.220. The van der Waals surface area contributed by atoms with Crippen LogP contribution in [0.1, 0.15) is 22.3 Å². The fourth-order valence-electron chi connectivity index (χ4n) is 4.98. The highest BCUT2D eigenvalue weighted by Crippen LogP contribution is 2.31. The maximum absolute atomic E-state index is 11.3. The molecule has 4 aromatic carbocycles. The van der Waals surface area contributed by atoms with Crippen molar-refractivity contribution in [1.29, 1.82) is 0 Å². The minimum absolute atomic E-state index is 0.0155. The van der Waals surface area contributed by atoms with Crippen molar-refractivity contribution in [3.05, 3.63) is 144 Å². The molecule has 0 spiro atoms. The maximum atomic E-state index is 11.3. The van der Waals surface area contributed by atoms with Gasteiger partial charge in [-0.05, 0) is 22.3 Å². The van der Waals surface area contributed by atoms with Crippen LogP contribution in [0.5, 0.6) is 0 Å². The summed E-state index contributed by atoms with van der Waals surface area (Å²) in [7, 11) is 0. The molecule has 220 valence electrons. The Balaban J connectivity index is 1.36. The lowest BCUT2D eigenvalue weighted by molar-refractivity contribution is -0.325. The first-order chi connectivity index (χ1) is 20.7. The number of ether oxygens (including phenoxy) is 5. The highest BCUT2D eigenvalue weighted by atomic mass is 16.7. The maximum Gasteiger partial charge on any atom is 0.184 e. The van der Waals surface area contributed by atoms with Crippen LogP contribution in [-0.2, 0) is 50.1 Å². The summed E-state index contributed by atoms with van der Waals surface area (Å²) in [6.07, 6.45) is -5.79. The molecule has 0 radical (unpaired) electrons. The molecule has 1 saturated heterocycles. The second kappa shape index (κ2) is 15.7. The van der Waals surface area contributed by atoms with Crippen molar-refractivity contribution in [1.82, 2.24) is 0 Å². The Morgan fingerprint density at radius 1 is 0.524 bits per heavy atom. The fourth-order valence-corrected chi connectivity index (χ4v) is 4.98. The van der Waals surface area contributed by atoms with E-state index in [9.17, 15) is 10.2 Å². The van der Waals surface area contributed by atoms with E-state index < -0.39 is 36.8 Å². The molecule has 2 N–H and O–H groups in total. The van der Waals surface area contributed by atoms with Gasteiger partial charge in [-0.15, -0.1) is 0 Å². The molecule has 5 rings (SSSR count). The Labute approximate surface area is 247 Å². The van der Waals surface area contributed by atoms with Crippen molar-refractivity contribution in [2.45, 2.75) is 63.2 Å². The lowest BCUT2D eigenvalue weighted by Crippen LogP contribution is -2.63. The van der Waals surface area contributed by atoms with Gasteiger partial charge >= 0.3 is 0 Å². The lowest BCUT2D eigenvalue weighted by Gasteiger charge is -2.45. The predicted octanol–water partition coefficient (Wildman–Crippen LogP) is 5.04. The number of rotatable bonds is 14. The SMILES string of the molecule is O[C@@H]1O[C@@H]([C@@H](O)COCc2ccccc2)[C@@H](OCc2ccccc2)[C@@H](OCc2ccccc2)[C@H]1OCc1ccccc1. The molecule has 0 amide bonds. The predicted molar refractivity (Wildman–Crippen MR) is 158 cm³/mol. The number of benzene rings is 4. The Morgan fingerprint density at radius 2 is 0.905 bits per heavy atom. The highest BCUT2D eigenvalue weighted by Gasteiger charge is 2.50. The third-order valence-corrected chi connectivity index (χ3v) is 7.18. The van der Waals surface area contributed by atoms with Gasteiger partial charge in [-0.2, -0.15) is 0 Å². The van der Waals surface area contributed by atoms with Gasteiger partial charge in [0.2, 0.25) is 0 Å². The molecule has 0 saturated carbocycles. The van der Waals surface area contributed by atoms with Crippen LogP contribution >= 0.6 is 0 Å². The summed E-state index contributed by atoms with van der Waals surface area (Å²) in [4.78, 5) is 0. The summed E-state index contributed by atoms with van der Waals surface area (Å²) in [5, 5.41) is 22.5. The van der Waals surface area contributed by atoms with E-state index in [2.05, 4.69) is 0 Å². The van der Waals surface area contributed by atoms with E-state index in [1.54, 1.807) is 0 Å². The highest BCUT2D eigenvalue weighted by molar-refractivity contribution is 5.16. The first-order valence-electron chi connectivity index (χ1n) is 14.3. The standard InChI is InChI=1S/C35H38O7/c36-30(25-38-21-26-13-5-1-6-14-26)31-32(39-22-27-15-7-2-8-16-27)33(40-23-28-17-9-3-10-18-28)34(35(37)42-31)41-24-29-19-11-4-12-20-29/h1-20,30-37H,21-25H2/t30-,31-,32+,33+,34+,35+/m0/s1. The first-order valence-corrected chi connectivity index (χ1v) is 14.3. The molecular formula is C35H38O7. The largest absolute Gasteiger partial charge is 0.388 e. The Kier molecular flexibility index (Phi) is 11.3. The third kappa shape index (κ3) is 8.56. The minimum atomic E-state index is -1.36. The molecule has 1 fully saturated rings. The Morgan fingerprint density at radius 3 is 1.36 bits per heavy atom. The van der Waals surface area contributed by atoms with Gasteiger partial charge in [-0.25, -0.2) is 0 Å². The Hall–Kier alpha value is -3.40. The Bertz CT molecular complexity index is 1290. The molecule has 0 bridgehead atoms. The summed E-state index contributed by atoms with van der Waals surface area (Å²) < 4.78 is 31.0. The smallest absolute Gasteiger partial charge is 0.184 e. The van der Waals surface area contributed by atoms with Gasteiger partial charge in [0.15, 0.2) is 6.29 Å². The normalized spacial score (nSPS) is 23.0. The summed E-state index contributed by atoms with van der Waals surface area (Å²) >= 11 is 0. The zero-order valence-corrected chi connectivity index (χ0v) is 23.5. The van der Waals surface area contributed by atoms with Crippen LogP contribution in [-0.4, -0.2) is 53.6 Å². The van der Waals surface area contributed by atoms with Gasteiger partial charge in [0.25, 0.3) is 0 Å². The minimum Gasteiger partial charge on any atom is -0.388 e. The van der Waals surface area contributed by atoms with Crippen LogP contribution in [0.3, 0.4) is 0 Å². The van der Waals surface area contributed by atoms with E-state index in [1.807, 2.05) is 121 Å². The van der Waals surface area contributed by atoms with Crippen molar-refractivity contribution >= 4 is 0 Å². The summed E-state index contributed by atoms with van der Waals surface area (Å²) in [5.74, 6) is 0. The number of hydrogen-bond donors (Lipinski definition) is 2. The number of aliphatic hydroxyl groups is 2. The summed E-state index contributed by atoms with van der Waals surface area (Å²) in [6.45, 7) is 1.09. The molecule has 4 aromatic rings. The van der Waals surface area contributed by atoms with E-state index in [-0.39, 0.29) is 26.4 Å². The molecule has 1 aliphatic heterocycles. The third-order valence-electron chi connectivity index (χ3n) is 7.18. The van der Waals surface area contributed by atoms with Gasteiger partial charge in [0.05, 0.1) is 33.0 Å². The van der Waals surface area contributed by atoms with Crippen molar-refractivity contribution in [3.63, 3.8) is 0 Å². The molecule has 1 heterocycles. The molecular weight excluding hydrogens is 532 g/mol.